The first-order valence-corrected chi connectivity index (χ1v) is 7.69. The number of nitrogens with one attached hydrogen (secondary N) is 1. The van der Waals surface area contributed by atoms with Crippen molar-refractivity contribution in [1.29, 1.82) is 0 Å². The summed E-state index contributed by atoms with van der Waals surface area (Å²) in [5.41, 5.74) is 1.45. The van der Waals surface area contributed by atoms with Crippen molar-refractivity contribution in [1.82, 2.24) is 10.3 Å². The molecule has 1 atom stereocenters. The zero-order valence-corrected chi connectivity index (χ0v) is 12.1. The summed E-state index contributed by atoms with van der Waals surface area (Å²) in [6, 6.07) is 3.98. The SMILES string of the molecule is CCNC1CCCc2nc(-c3ccc(F)cc3F)sc21. The summed E-state index contributed by atoms with van der Waals surface area (Å²) in [6.07, 6.45) is 3.13. The standard InChI is InChI=1S/C15H16F2N2S/c1-2-18-12-4-3-5-13-14(12)20-15(19-13)10-7-6-9(16)8-11(10)17/h6-8,12,18H,2-5H2,1H3. The van der Waals surface area contributed by atoms with Crippen LogP contribution in [0.15, 0.2) is 18.2 Å². The summed E-state index contributed by atoms with van der Waals surface area (Å²) in [7, 11) is 0. The van der Waals surface area contributed by atoms with Crippen LogP contribution in [0.2, 0.25) is 0 Å². The highest BCUT2D eigenvalue weighted by Crippen LogP contribution is 2.38. The van der Waals surface area contributed by atoms with Gasteiger partial charge >= 0.3 is 0 Å². The van der Waals surface area contributed by atoms with Gasteiger partial charge in [-0.2, -0.15) is 0 Å². The van der Waals surface area contributed by atoms with Crippen molar-refractivity contribution in [3.8, 4) is 10.6 Å². The number of fused-ring (bicyclic) bond motifs is 1. The highest BCUT2D eigenvalue weighted by Gasteiger charge is 2.25. The van der Waals surface area contributed by atoms with Crippen LogP contribution in [0.3, 0.4) is 0 Å². The maximum Gasteiger partial charge on any atom is 0.136 e. The Morgan fingerprint density at radius 1 is 1.40 bits per heavy atom. The van der Waals surface area contributed by atoms with Gasteiger partial charge in [-0.3, -0.25) is 0 Å². The molecule has 1 aromatic carbocycles. The minimum atomic E-state index is -0.557. The van der Waals surface area contributed by atoms with E-state index in [1.165, 1.54) is 28.3 Å². The Morgan fingerprint density at radius 2 is 2.25 bits per heavy atom. The lowest BCUT2D eigenvalue weighted by Gasteiger charge is -2.21. The fourth-order valence-electron chi connectivity index (χ4n) is 2.64. The van der Waals surface area contributed by atoms with E-state index in [0.29, 0.717) is 16.6 Å². The molecule has 2 nitrogen and oxygen atoms in total. The predicted molar refractivity (Wildman–Crippen MR) is 76.8 cm³/mol. The molecule has 3 rings (SSSR count). The van der Waals surface area contributed by atoms with Crippen LogP contribution in [0.5, 0.6) is 0 Å². The molecule has 0 aliphatic heterocycles. The number of benzene rings is 1. The van der Waals surface area contributed by atoms with E-state index in [1.54, 1.807) is 0 Å². The smallest absolute Gasteiger partial charge is 0.136 e. The molecular formula is C15H16F2N2S. The Hall–Kier alpha value is -1.33. The molecule has 1 unspecified atom stereocenters. The second-order valence-electron chi connectivity index (χ2n) is 4.96. The normalized spacial score (nSPS) is 18.1. The van der Waals surface area contributed by atoms with Gasteiger partial charge in [-0.1, -0.05) is 6.92 Å². The van der Waals surface area contributed by atoms with Crippen molar-refractivity contribution < 1.29 is 8.78 Å². The molecule has 1 aromatic heterocycles. The van der Waals surface area contributed by atoms with E-state index < -0.39 is 11.6 Å². The van der Waals surface area contributed by atoms with E-state index in [4.69, 9.17) is 0 Å². The van der Waals surface area contributed by atoms with Gasteiger partial charge in [-0.15, -0.1) is 11.3 Å². The summed E-state index contributed by atoms with van der Waals surface area (Å²) in [5, 5.41) is 4.10. The Morgan fingerprint density at radius 3 is 3.00 bits per heavy atom. The summed E-state index contributed by atoms with van der Waals surface area (Å²) in [4.78, 5) is 5.77. The Kier molecular flexibility index (Phi) is 3.81. The molecule has 0 spiro atoms. The lowest BCUT2D eigenvalue weighted by Crippen LogP contribution is -2.23. The van der Waals surface area contributed by atoms with Crippen molar-refractivity contribution >= 4 is 11.3 Å². The molecule has 0 radical (unpaired) electrons. The van der Waals surface area contributed by atoms with Crippen LogP contribution in [-0.4, -0.2) is 11.5 Å². The summed E-state index contributed by atoms with van der Waals surface area (Å²) < 4.78 is 26.8. The van der Waals surface area contributed by atoms with Crippen LogP contribution in [-0.2, 0) is 6.42 Å². The van der Waals surface area contributed by atoms with Crippen molar-refractivity contribution in [2.75, 3.05) is 6.54 Å². The minimum Gasteiger partial charge on any atom is -0.309 e. The maximum absolute atomic E-state index is 13.9. The van der Waals surface area contributed by atoms with Gasteiger partial charge in [0, 0.05) is 22.5 Å². The van der Waals surface area contributed by atoms with E-state index in [2.05, 4.69) is 17.2 Å². The topological polar surface area (TPSA) is 24.9 Å². The van der Waals surface area contributed by atoms with Crippen LogP contribution in [0.1, 0.15) is 36.4 Å². The van der Waals surface area contributed by atoms with Crippen LogP contribution in [0.4, 0.5) is 8.78 Å². The molecule has 1 heterocycles. The average molecular weight is 294 g/mol. The van der Waals surface area contributed by atoms with Crippen molar-refractivity contribution in [3.63, 3.8) is 0 Å². The molecule has 0 amide bonds. The highest BCUT2D eigenvalue weighted by atomic mass is 32.1. The Balaban J connectivity index is 2.00. The van der Waals surface area contributed by atoms with Gasteiger partial charge in [-0.05, 0) is 37.9 Å². The van der Waals surface area contributed by atoms with Gasteiger partial charge in [0.05, 0.1) is 5.69 Å². The van der Waals surface area contributed by atoms with Gasteiger partial charge in [0.25, 0.3) is 0 Å². The van der Waals surface area contributed by atoms with Crippen molar-refractivity contribution in [2.24, 2.45) is 0 Å². The van der Waals surface area contributed by atoms with Crippen LogP contribution < -0.4 is 5.32 Å². The zero-order valence-electron chi connectivity index (χ0n) is 11.2. The molecule has 106 valence electrons. The van der Waals surface area contributed by atoms with E-state index in [9.17, 15) is 8.78 Å². The first-order chi connectivity index (χ1) is 9.69. The maximum atomic E-state index is 13.9. The van der Waals surface area contributed by atoms with E-state index >= 15 is 0 Å². The molecule has 1 aliphatic carbocycles. The zero-order chi connectivity index (χ0) is 14.1. The molecule has 0 saturated heterocycles. The van der Waals surface area contributed by atoms with Gasteiger partial charge in [0.15, 0.2) is 0 Å². The van der Waals surface area contributed by atoms with Crippen LogP contribution >= 0.6 is 11.3 Å². The molecule has 0 fully saturated rings. The van der Waals surface area contributed by atoms with Gasteiger partial charge in [0.1, 0.15) is 16.6 Å². The monoisotopic (exact) mass is 294 g/mol. The lowest BCUT2D eigenvalue weighted by molar-refractivity contribution is 0.476. The Labute approximate surface area is 120 Å². The number of thiazole rings is 1. The van der Waals surface area contributed by atoms with Gasteiger partial charge in [-0.25, -0.2) is 13.8 Å². The number of halogens is 2. The summed E-state index contributed by atoms with van der Waals surface area (Å²) >= 11 is 1.52. The molecule has 0 saturated carbocycles. The van der Waals surface area contributed by atoms with Gasteiger partial charge in [0.2, 0.25) is 0 Å². The molecule has 1 aliphatic rings. The largest absolute Gasteiger partial charge is 0.309 e. The minimum absolute atomic E-state index is 0.318. The third-order valence-corrected chi connectivity index (χ3v) is 4.81. The fraction of sp³-hybridized carbons (Fsp3) is 0.400. The second-order valence-corrected chi connectivity index (χ2v) is 5.99. The second kappa shape index (κ2) is 5.58. The number of nitrogens with zero attached hydrogens (tertiary/aromatic N) is 1. The fourth-order valence-corrected chi connectivity index (χ4v) is 3.89. The van der Waals surface area contributed by atoms with E-state index in [1.807, 2.05) is 0 Å². The molecule has 1 N–H and O–H groups in total. The third-order valence-electron chi connectivity index (χ3n) is 3.56. The third kappa shape index (κ3) is 2.47. The molecular weight excluding hydrogens is 278 g/mol. The van der Waals surface area contributed by atoms with Crippen molar-refractivity contribution in [2.45, 2.75) is 32.2 Å². The molecule has 5 heteroatoms. The first-order valence-electron chi connectivity index (χ1n) is 6.87. The number of aryl methyl sites for hydroxylation is 1. The number of hydrogen-bond acceptors (Lipinski definition) is 3. The summed E-state index contributed by atoms with van der Waals surface area (Å²) in [5.74, 6) is -1.10. The van der Waals surface area contributed by atoms with E-state index in [0.717, 1.165) is 37.6 Å². The van der Waals surface area contributed by atoms with Gasteiger partial charge < -0.3 is 5.32 Å². The van der Waals surface area contributed by atoms with Crippen LogP contribution in [0.25, 0.3) is 10.6 Å². The summed E-state index contributed by atoms with van der Waals surface area (Å²) in [6.45, 7) is 2.98. The lowest BCUT2D eigenvalue weighted by atomic mass is 9.98. The molecule has 0 bridgehead atoms. The highest BCUT2D eigenvalue weighted by molar-refractivity contribution is 7.15. The first kappa shape index (κ1) is 13.6. The van der Waals surface area contributed by atoms with E-state index in [-0.39, 0.29) is 0 Å². The quantitative estimate of drug-likeness (QED) is 0.923. The average Bonchev–Trinajstić information content (AvgIpc) is 2.83. The van der Waals surface area contributed by atoms with Crippen LogP contribution in [0, 0.1) is 11.6 Å². The number of hydrogen-bond donors (Lipinski definition) is 1. The Bertz CT molecular complexity index is 624. The predicted octanol–water partition coefficient (Wildman–Crippen LogP) is 4.08. The number of rotatable bonds is 3. The molecule has 20 heavy (non-hydrogen) atoms. The number of aromatic nitrogens is 1. The van der Waals surface area contributed by atoms with Crippen molar-refractivity contribution in [3.05, 3.63) is 40.4 Å². The molecule has 2 aromatic rings.